The third-order valence-corrected chi connectivity index (χ3v) is 3.76. The minimum atomic E-state index is -4.65. The van der Waals surface area contributed by atoms with E-state index in [1.807, 2.05) is 0 Å². The summed E-state index contributed by atoms with van der Waals surface area (Å²) < 4.78 is 55.2. The molecule has 1 aliphatic heterocycles. The maximum absolute atomic E-state index is 13.4. The molecule has 0 aromatic heterocycles. The Bertz CT molecular complexity index is 885. The average Bonchev–Trinajstić information content (AvgIpc) is 2.88. The third kappa shape index (κ3) is 5.18. The molecule has 0 atom stereocenters. The summed E-state index contributed by atoms with van der Waals surface area (Å²) in [6, 6.07) is 3.05. The fraction of sp³-hybridized carbons (Fsp3) is 0.300. The van der Waals surface area contributed by atoms with E-state index in [-0.39, 0.29) is 28.8 Å². The number of carbonyl (C=O) groups excluding carboxylic acids is 2. The summed E-state index contributed by atoms with van der Waals surface area (Å²) in [4.78, 5) is 25.7. The van der Waals surface area contributed by atoms with Gasteiger partial charge in [-0.05, 0) is 38.1 Å². The standard InChI is InChI=1S/C20H20F3NO5/c1-12(2)29-15-10-13(20(21,22)23)9-14(11-15)24-8-6-5-7-16(18(25)27-3)17(24)19(26)28-4/h5-12H,1-4H3. The number of esters is 2. The summed E-state index contributed by atoms with van der Waals surface area (Å²) in [6.07, 6.45) is 0.533. The molecule has 1 aromatic rings. The summed E-state index contributed by atoms with van der Waals surface area (Å²) in [7, 11) is 2.22. The number of benzene rings is 1. The van der Waals surface area contributed by atoms with Crippen LogP contribution < -0.4 is 9.64 Å². The normalized spacial score (nSPS) is 14.1. The van der Waals surface area contributed by atoms with Gasteiger partial charge in [-0.2, -0.15) is 13.2 Å². The molecule has 1 aromatic carbocycles. The molecule has 156 valence electrons. The Morgan fingerprint density at radius 2 is 1.66 bits per heavy atom. The number of alkyl halides is 3. The molecular formula is C20H20F3NO5. The van der Waals surface area contributed by atoms with Crippen molar-refractivity contribution in [1.29, 1.82) is 0 Å². The lowest BCUT2D eigenvalue weighted by Crippen LogP contribution is -2.27. The van der Waals surface area contributed by atoms with Crippen molar-refractivity contribution in [2.45, 2.75) is 26.1 Å². The van der Waals surface area contributed by atoms with Crippen LogP contribution in [0.5, 0.6) is 5.75 Å². The quantitative estimate of drug-likeness (QED) is 0.683. The first-order valence-corrected chi connectivity index (χ1v) is 8.52. The van der Waals surface area contributed by atoms with Gasteiger partial charge in [-0.3, -0.25) is 0 Å². The maximum Gasteiger partial charge on any atom is 0.416 e. The highest BCUT2D eigenvalue weighted by Gasteiger charge is 2.34. The Morgan fingerprint density at radius 3 is 2.21 bits per heavy atom. The van der Waals surface area contributed by atoms with E-state index in [9.17, 15) is 22.8 Å². The molecule has 2 rings (SSSR count). The lowest BCUT2D eigenvalue weighted by atomic mass is 10.1. The van der Waals surface area contributed by atoms with E-state index in [0.29, 0.717) is 0 Å². The second-order valence-corrected chi connectivity index (χ2v) is 6.20. The Hall–Kier alpha value is -3.23. The van der Waals surface area contributed by atoms with Gasteiger partial charge in [0.05, 0.1) is 37.1 Å². The fourth-order valence-corrected chi connectivity index (χ4v) is 2.59. The Morgan fingerprint density at radius 1 is 1.00 bits per heavy atom. The van der Waals surface area contributed by atoms with Crippen molar-refractivity contribution in [2.75, 3.05) is 19.1 Å². The SMILES string of the molecule is COC(=O)C1=C(C(=O)OC)N(c2cc(OC(C)C)cc(C(F)(F)F)c2)C=CC=C1. The molecule has 0 aliphatic carbocycles. The van der Waals surface area contributed by atoms with Crippen LogP contribution in [0.25, 0.3) is 0 Å². The molecule has 0 unspecified atom stereocenters. The molecule has 0 fully saturated rings. The molecule has 0 N–H and O–H groups in total. The number of anilines is 1. The molecule has 0 saturated carbocycles. The summed E-state index contributed by atoms with van der Waals surface area (Å²) >= 11 is 0. The highest BCUT2D eigenvalue weighted by atomic mass is 19.4. The molecule has 0 radical (unpaired) electrons. The van der Waals surface area contributed by atoms with Crippen LogP contribution in [0.4, 0.5) is 18.9 Å². The highest BCUT2D eigenvalue weighted by molar-refractivity contribution is 6.05. The first-order chi connectivity index (χ1) is 13.6. The van der Waals surface area contributed by atoms with Crippen molar-refractivity contribution in [3.05, 3.63) is 59.5 Å². The predicted molar refractivity (Wildman–Crippen MR) is 99.0 cm³/mol. The zero-order chi connectivity index (χ0) is 21.8. The molecule has 29 heavy (non-hydrogen) atoms. The zero-order valence-corrected chi connectivity index (χ0v) is 16.2. The second kappa shape index (κ2) is 8.85. The number of allylic oxidation sites excluding steroid dienone is 2. The van der Waals surface area contributed by atoms with Gasteiger partial charge in [0, 0.05) is 12.3 Å². The van der Waals surface area contributed by atoms with E-state index in [1.165, 1.54) is 30.5 Å². The number of ether oxygens (including phenoxy) is 3. The maximum atomic E-state index is 13.4. The number of hydrogen-bond acceptors (Lipinski definition) is 6. The predicted octanol–water partition coefficient (Wildman–Crippen LogP) is 3.98. The molecule has 9 heteroatoms. The summed E-state index contributed by atoms with van der Waals surface area (Å²) in [5.41, 5.74) is -1.48. The van der Waals surface area contributed by atoms with Crippen molar-refractivity contribution in [3.63, 3.8) is 0 Å². The van der Waals surface area contributed by atoms with Crippen LogP contribution in [0.15, 0.2) is 53.9 Å². The molecule has 0 amide bonds. The topological polar surface area (TPSA) is 65.1 Å². The molecule has 6 nitrogen and oxygen atoms in total. The van der Waals surface area contributed by atoms with Crippen molar-refractivity contribution in [1.82, 2.24) is 0 Å². The van der Waals surface area contributed by atoms with E-state index >= 15 is 0 Å². The zero-order valence-electron chi connectivity index (χ0n) is 16.2. The molecule has 1 heterocycles. The smallest absolute Gasteiger partial charge is 0.416 e. The second-order valence-electron chi connectivity index (χ2n) is 6.20. The van der Waals surface area contributed by atoms with Crippen LogP contribution in [0, 0.1) is 0 Å². The minimum Gasteiger partial charge on any atom is -0.491 e. The Kier molecular flexibility index (Phi) is 6.73. The highest BCUT2D eigenvalue weighted by Crippen LogP contribution is 2.37. The lowest BCUT2D eigenvalue weighted by molar-refractivity contribution is -0.139. The van der Waals surface area contributed by atoms with Crippen LogP contribution >= 0.6 is 0 Å². The molecule has 0 spiro atoms. The Labute approximate surface area is 165 Å². The monoisotopic (exact) mass is 411 g/mol. The molecule has 0 bridgehead atoms. The van der Waals surface area contributed by atoms with Crippen LogP contribution in [0.3, 0.4) is 0 Å². The molecular weight excluding hydrogens is 391 g/mol. The summed E-state index contributed by atoms with van der Waals surface area (Å²) in [5, 5.41) is 0. The average molecular weight is 411 g/mol. The van der Waals surface area contributed by atoms with E-state index < -0.39 is 23.7 Å². The van der Waals surface area contributed by atoms with Crippen LogP contribution in [-0.2, 0) is 25.2 Å². The van der Waals surface area contributed by atoms with Gasteiger partial charge in [0.2, 0.25) is 0 Å². The van der Waals surface area contributed by atoms with Crippen molar-refractivity contribution >= 4 is 17.6 Å². The molecule has 0 saturated heterocycles. The van der Waals surface area contributed by atoms with Gasteiger partial charge in [0.25, 0.3) is 0 Å². The number of nitrogens with zero attached hydrogens (tertiary/aromatic N) is 1. The van der Waals surface area contributed by atoms with Crippen molar-refractivity contribution in [3.8, 4) is 5.75 Å². The van der Waals surface area contributed by atoms with E-state index in [1.54, 1.807) is 13.8 Å². The third-order valence-electron chi connectivity index (χ3n) is 3.76. The number of rotatable bonds is 5. The minimum absolute atomic E-state index is 0.0423. The largest absolute Gasteiger partial charge is 0.491 e. The number of hydrogen-bond donors (Lipinski definition) is 0. The number of carbonyl (C=O) groups is 2. The first-order valence-electron chi connectivity index (χ1n) is 8.52. The van der Waals surface area contributed by atoms with Gasteiger partial charge in [-0.15, -0.1) is 0 Å². The Balaban J connectivity index is 2.74. The van der Waals surface area contributed by atoms with E-state index in [2.05, 4.69) is 0 Å². The fourth-order valence-electron chi connectivity index (χ4n) is 2.59. The van der Waals surface area contributed by atoms with Crippen LogP contribution in [0.1, 0.15) is 19.4 Å². The van der Waals surface area contributed by atoms with E-state index in [0.717, 1.165) is 31.3 Å². The van der Waals surface area contributed by atoms with E-state index in [4.69, 9.17) is 14.2 Å². The molecule has 1 aliphatic rings. The van der Waals surface area contributed by atoms with Gasteiger partial charge in [0.1, 0.15) is 11.4 Å². The summed E-state index contributed by atoms with van der Waals surface area (Å²) in [5.74, 6) is -1.81. The van der Waals surface area contributed by atoms with Gasteiger partial charge in [-0.1, -0.05) is 6.08 Å². The van der Waals surface area contributed by atoms with Crippen LogP contribution in [0.2, 0.25) is 0 Å². The van der Waals surface area contributed by atoms with Gasteiger partial charge in [0.15, 0.2) is 0 Å². The number of methoxy groups -OCH3 is 2. The number of halogens is 3. The van der Waals surface area contributed by atoms with Crippen molar-refractivity contribution < 1.29 is 37.0 Å². The van der Waals surface area contributed by atoms with Gasteiger partial charge in [-0.25, -0.2) is 9.59 Å². The van der Waals surface area contributed by atoms with Gasteiger partial charge >= 0.3 is 18.1 Å². The van der Waals surface area contributed by atoms with Crippen LogP contribution in [-0.4, -0.2) is 32.3 Å². The lowest BCUT2D eigenvalue weighted by Gasteiger charge is -2.25. The van der Waals surface area contributed by atoms with Crippen molar-refractivity contribution in [2.24, 2.45) is 0 Å². The summed E-state index contributed by atoms with van der Waals surface area (Å²) in [6.45, 7) is 3.34. The van der Waals surface area contributed by atoms with Gasteiger partial charge < -0.3 is 19.1 Å². The first kappa shape index (κ1) is 22.1.